The Morgan fingerprint density at radius 2 is 2.06 bits per heavy atom. The van der Waals surface area contributed by atoms with Crippen molar-refractivity contribution in [1.29, 1.82) is 0 Å². The summed E-state index contributed by atoms with van der Waals surface area (Å²) in [5.74, 6) is -0.125. The first-order chi connectivity index (χ1) is 8.66. The van der Waals surface area contributed by atoms with Gasteiger partial charge in [-0.25, -0.2) is 0 Å². The van der Waals surface area contributed by atoms with E-state index in [1.807, 2.05) is 24.3 Å². The van der Waals surface area contributed by atoms with E-state index < -0.39 is 6.04 Å². The van der Waals surface area contributed by atoms with E-state index in [9.17, 15) is 9.59 Å². The van der Waals surface area contributed by atoms with Gasteiger partial charge >= 0.3 is 0 Å². The molecule has 2 aliphatic rings. The van der Waals surface area contributed by atoms with Crippen LogP contribution in [0.5, 0.6) is 0 Å². The third-order valence-electron chi connectivity index (χ3n) is 3.50. The summed E-state index contributed by atoms with van der Waals surface area (Å²) in [7, 11) is 0. The van der Waals surface area contributed by atoms with Crippen LogP contribution in [0, 0.1) is 0 Å². The number of rotatable bonds is 1. The number of carbonyl (C=O) groups is 2. The highest BCUT2D eigenvalue weighted by molar-refractivity contribution is 6.06. The number of anilines is 1. The summed E-state index contributed by atoms with van der Waals surface area (Å²) >= 11 is 0. The van der Waals surface area contributed by atoms with E-state index in [4.69, 9.17) is 0 Å². The molecule has 2 heterocycles. The van der Waals surface area contributed by atoms with Crippen molar-refractivity contribution >= 4 is 17.5 Å². The monoisotopic (exact) mass is 242 g/mol. The van der Waals surface area contributed by atoms with Gasteiger partial charge in [-0.3, -0.25) is 14.5 Å². The van der Waals surface area contributed by atoms with E-state index >= 15 is 0 Å². The highest BCUT2D eigenvalue weighted by Crippen LogP contribution is 2.32. The second kappa shape index (κ2) is 3.98. The molecular weight excluding hydrogens is 228 g/mol. The maximum atomic E-state index is 12.1. The lowest BCUT2D eigenvalue weighted by Crippen LogP contribution is -2.51. The fourth-order valence-corrected chi connectivity index (χ4v) is 2.63. The van der Waals surface area contributed by atoms with Gasteiger partial charge in [0.1, 0.15) is 6.04 Å². The molecule has 1 saturated heterocycles. The van der Waals surface area contributed by atoms with E-state index in [0.717, 1.165) is 23.4 Å². The molecule has 0 aromatic heterocycles. The summed E-state index contributed by atoms with van der Waals surface area (Å²) in [5.41, 5.74) is 2.60. The van der Waals surface area contributed by atoms with Crippen LogP contribution in [0.3, 0.4) is 0 Å². The van der Waals surface area contributed by atoms with Gasteiger partial charge in [0.15, 0.2) is 0 Å². The van der Waals surface area contributed by atoms with E-state index in [-0.39, 0.29) is 11.8 Å². The molecule has 0 bridgehead atoms. The zero-order valence-electron chi connectivity index (χ0n) is 9.98. The quantitative estimate of drug-likeness (QED) is 0.808. The lowest BCUT2D eigenvalue weighted by molar-refractivity contribution is -0.126. The average molecular weight is 242 g/mol. The third-order valence-corrected chi connectivity index (χ3v) is 3.50. The normalized spacial score (nSPS) is 23.0. The Hall–Kier alpha value is -2.10. The zero-order valence-corrected chi connectivity index (χ0v) is 9.98. The summed E-state index contributed by atoms with van der Waals surface area (Å²) < 4.78 is 0. The molecule has 1 aromatic carbocycles. The second-order valence-electron chi connectivity index (χ2n) is 4.72. The fraction of sp³-hybridized carbons (Fsp3) is 0.286. The van der Waals surface area contributed by atoms with Gasteiger partial charge in [0.2, 0.25) is 11.8 Å². The van der Waals surface area contributed by atoms with Crippen LogP contribution in [-0.4, -0.2) is 17.9 Å². The van der Waals surface area contributed by atoms with Crippen molar-refractivity contribution in [3.8, 4) is 0 Å². The Balaban J connectivity index is 1.95. The van der Waals surface area contributed by atoms with Crippen LogP contribution in [0.15, 0.2) is 36.5 Å². The van der Waals surface area contributed by atoms with Crippen LogP contribution >= 0.6 is 0 Å². The Bertz CT molecular complexity index is 550. The predicted octanol–water partition coefficient (Wildman–Crippen LogP) is 1.37. The number of allylic oxidation sites excluding steroid dienone is 1. The first-order valence-electron chi connectivity index (χ1n) is 6.05. The predicted molar refractivity (Wildman–Crippen MR) is 67.9 cm³/mol. The standard InChI is InChI=1S/C14H14N2O2/c1-9-6-7-12(14(18)15-9)16-11-5-3-2-4-10(11)8-13(16)17/h2-5,12H,1,6-8H2,(H,15,18). The van der Waals surface area contributed by atoms with Crippen LogP contribution < -0.4 is 10.2 Å². The molecule has 2 amide bonds. The minimum atomic E-state index is -0.397. The molecule has 4 nitrogen and oxygen atoms in total. The number of nitrogens with one attached hydrogen (secondary N) is 1. The van der Waals surface area contributed by atoms with Crippen molar-refractivity contribution in [2.45, 2.75) is 25.3 Å². The SMILES string of the molecule is C=C1CCC(N2C(=O)Cc3ccccc32)C(=O)N1. The van der Waals surface area contributed by atoms with Crippen LogP contribution in [0.2, 0.25) is 0 Å². The maximum Gasteiger partial charge on any atom is 0.247 e. The highest BCUT2D eigenvalue weighted by Gasteiger charge is 2.38. The molecule has 0 radical (unpaired) electrons. The van der Waals surface area contributed by atoms with E-state index in [2.05, 4.69) is 11.9 Å². The first kappa shape index (κ1) is 11.0. The number of hydrogen-bond donors (Lipinski definition) is 1. The topological polar surface area (TPSA) is 49.4 Å². The molecule has 18 heavy (non-hydrogen) atoms. The molecule has 1 atom stereocenters. The van der Waals surface area contributed by atoms with Crippen molar-refractivity contribution < 1.29 is 9.59 Å². The van der Waals surface area contributed by atoms with Crippen LogP contribution in [0.1, 0.15) is 18.4 Å². The summed E-state index contributed by atoms with van der Waals surface area (Å²) in [6, 6.07) is 7.25. The minimum absolute atomic E-state index is 0.00358. The number of benzene rings is 1. The van der Waals surface area contributed by atoms with Gasteiger partial charge in [-0.05, 0) is 24.5 Å². The Morgan fingerprint density at radius 1 is 1.28 bits per heavy atom. The Morgan fingerprint density at radius 3 is 2.83 bits per heavy atom. The fourth-order valence-electron chi connectivity index (χ4n) is 2.63. The molecular formula is C14H14N2O2. The maximum absolute atomic E-state index is 12.1. The molecule has 0 spiro atoms. The molecule has 0 saturated carbocycles. The summed E-state index contributed by atoms with van der Waals surface area (Å²) in [4.78, 5) is 25.7. The average Bonchev–Trinajstić information content (AvgIpc) is 2.66. The Labute approximate surface area is 105 Å². The number of carbonyl (C=O) groups excluding carboxylic acids is 2. The first-order valence-corrected chi connectivity index (χ1v) is 6.05. The lowest BCUT2D eigenvalue weighted by atomic mass is 10.0. The van der Waals surface area contributed by atoms with Gasteiger partial charge in [0.05, 0.1) is 6.42 Å². The number of hydrogen-bond acceptors (Lipinski definition) is 2. The van der Waals surface area contributed by atoms with Gasteiger partial charge in [0, 0.05) is 11.4 Å². The largest absolute Gasteiger partial charge is 0.329 e. The van der Waals surface area contributed by atoms with Crippen LogP contribution in [-0.2, 0) is 16.0 Å². The number of piperidine rings is 1. The van der Waals surface area contributed by atoms with Crippen molar-refractivity contribution in [3.05, 3.63) is 42.1 Å². The molecule has 1 N–H and O–H groups in total. The smallest absolute Gasteiger partial charge is 0.247 e. The summed E-state index contributed by atoms with van der Waals surface area (Å²) in [6.45, 7) is 3.75. The van der Waals surface area contributed by atoms with Crippen LogP contribution in [0.4, 0.5) is 5.69 Å². The van der Waals surface area contributed by atoms with Gasteiger partial charge in [-0.1, -0.05) is 24.8 Å². The summed E-state index contributed by atoms with van der Waals surface area (Å²) in [6.07, 6.45) is 1.76. The molecule has 3 rings (SSSR count). The molecule has 4 heteroatoms. The molecule has 1 unspecified atom stereocenters. The summed E-state index contributed by atoms with van der Waals surface area (Å²) in [5, 5.41) is 2.73. The number of para-hydroxylation sites is 1. The van der Waals surface area contributed by atoms with Gasteiger partial charge in [-0.15, -0.1) is 0 Å². The van der Waals surface area contributed by atoms with Gasteiger partial charge < -0.3 is 5.32 Å². The third kappa shape index (κ3) is 1.61. The van der Waals surface area contributed by atoms with Gasteiger partial charge in [0.25, 0.3) is 0 Å². The van der Waals surface area contributed by atoms with Crippen molar-refractivity contribution in [1.82, 2.24) is 5.32 Å². The van der Waals surface area contributed by atoms with E-state index in [1.165, 1.54) is 0 Å². The molecule has 1 fully saturated rings. The second-order valence-corrected chi connectivity index (χ2v) is 4.72. The molecule has 1 aromatic rings. The number of nitrogens with zero attached hydrogens (tertiary/aromatic N) is 1. The molecule has 0 aliphatic carbocycles. The minimum Gasteiger partial charge on any atom is -0.329 e. The van der Waals surface area contributed by atoms with Crippen LogP contribution in [0.25, 0.3) is 0 Å². The van der Waals surface area contributed by atoms with E-state index in [1.54, 1.807) is 4.90 Å². The molecule has 92 valence electrons. The lowest BCUT2D eigenvalue weighted by Gasteiger charge is -2.31. The highest BCUT2D eigenvalue weighted by atomic mass is 16.2. The number of fused-ring (bicyclic) bond motifs is 1. The van der Waals surface area contributed by atoms with Crippen molar-refractivity contribution in [2.24, 2.45) is 0 Å². The Kier molecular flexibility index (Phi) is 2.44. The number of amides is 2. The van der Waals surface area contributed by atoms with E-state index in [0.29, 0.717) is 12.8 Å². The van der Waals surface area contributed by atoms with Crippen molar-refractivity contribution in [3.63, 3.8) is 0 Å². The molecule has 2 aliphatic heterocycles. The van der Waals surface area contributed by atoms with Crippen molar-refractivity contribution in [2.75, 3.05) is 4.90 Å². The van der Waals surface area contributed by atoms with Gasteiger partial charge in [-0.2, -0.15) is 0 Å². The zero-order chi connectivity index (χ0) is 12.7.